The molecule has 0 aliphatic rings. The molecular weight excluding hydrogens is 218 g/mol. The van der Waals surface area contributed by atoms with Gasteiger partial charge in [-0.05, 0) is 30.7 Å². The molecule has 0 radical (unpaired) electrons. The molecule has 0 aromatic heterocycles. The monoisotopic (exact) mass is 237 g/mol. The van der Waals surface area contributed by atoms with Gasteiger partial charge >= 0.3 is 0 Å². The van der Waals surface area contributed by atoms with Crippen molar-refractivity contribution in [3.8, 4) is 0 Å². The van der Waals surface area contributed by atoms with Crippen molar-refractivity contribution < 1.29 is 9.63 Å². The zero-order valence-electron chi connectivity index (χ0n) is 10.5. The van der Waals surface area contributed by atoms with Gasteiger partial charge in [0.15, 0.2) is 0 Å². The molecular formula is C12H19N3O2. The van der Waals surface area contributed by atoms with E-state index < -0.39 is 0 Å². The maximum atomic E-state index is 11.6. The summed E-state index contributed by atoms with van der Waals surface area (Å²) in [4.78, 5) is 16.6. The van der Waals surface area contributed by atoms with E-state index in [0.29, 0.717) is 18.7 Å². The number of benzene rings is 1. The number of amides is 1. The highest BCUT2D eigenvalue weighted by Crippen LogP contribution is 2.17. The highest BCUT2D eigenvalue weighted by atomic mass is 16.7. The van der Waals surface area contributed by atoms with E-state index in [-0.39, 0.29) is 5.91 Å². The lowest BCUT2D eigenvalue weighted by Gasteiger charge is -2.13. The fourth-order valence-electron chi connectivity index (χ4n) is 1.39. The molecule has 0 spiro atoms. The van der Waals surface area contributed by atoms with Crippen molar-refractivity contribution in [2.45, 2.75) is 13.3 Å². The Morgan fingerprint density at radius 1 is 1.53 bits per heavy atom. The van der Waals surface area contributed by atoms with Crippen LogP contribution in [0.3, 0.4) is 0 Å². The lowest BCUT2D eigenvalue weighted by Crippen LogP contribution is -2.23. The number of hydrogen-bond donors (Lipinski definition) is 2. The van der Waals surface area contributed by atoms with Crippen molar-refractivity contribution in [1.82, 2.24) is 5.06 Å². The zero-order valence-corrected chi connectivity index (χ0v) is 10.5. The van der Waals surface area contributed by atoms with Crippen LogP contribution in [0, 0.1) is 6.92 Å². The van der Waals surface area contributed by atoms with Gasteiger partial charge in [0.25, 0.3) is 0 Å². The Kier molecular flexibility index (Phi) is 4.93. The summed E-state index contributed by atoms with van der Waals surface area (Å²) in [6.45, 7) is 2.46. The van der Waals surface area contributed by atoms with Gasteiger partial charge < -0.3 is 15.9 Å². The summed E-state index contributed by atoms with van der Waals surface area (Å²) in [6, 6.07) is 5.41. The van der Waals surface area contributed by atoms with Gasteiger partial charge in [0.2, 0.25) is 5.91 Å². The second-order valence-corrected chi connectivity index (χ2v) is 3.91. The molecule has 0 atom stereocenters. The van der Waals surface area contributed by atoms with Crippen LogP contribution in [0.5, 0.6) is 0 Å². The quantitative estimate of drug-likeness (QED) is 0.600. The van der Waals surface area contributed by atoms with Crippen LogP contribution in [0.4, 0.5) is 11.4 Å². The van der Waals surface area contributed by atoms with Crippen LogP contribution in [0.1, 0.15) is 12.0 Å². The van der Waals surface area contributed by atoms with Crippen LogP contribution < -0.4 is 11.1 Å². The molecule has 1 aromatic carbocycles. The Balaban J connectivity index is 2.50. The molecule has 0 saturated carbocycles. The molecule has 1 aromatic rings. The third-order valence-corrected chi connectivity index (χ3v) is 2.49. The molecule has 1 amide bonds. The predicted molar refractivity (Wildman–Crippen MR) is 68.5 cm³/mol. The van der Waals surface area contributed by atoms with E-state index in [2.05, 4.69) is 5.32 Å². The molecule has 5 heteroatoms. The number of nitrogens with two attached hydrogens (primary N) is 1. The fraction of sp³-hybridized carbons (Fsp3) is 0.417. The zero-order chi connectivity index (χ0) is 12.8. The standard InChI is InChI=1S/C12H19N3O2/c1-9-8-10(13)4-5-11(9)14-12(16)6-7-15(2)17-3/h4-5,8H,6-7,13H2,1-3H3,(H,14,16). The second-order valence-electron chi connectivity index (χ2n) is 3.91. The molecule has 0 fully saturated rings. The number of nitrogens with one attached hydrogen (secondary N) is 1. The van der Waals surface area contributed by atoms with E-state index in [1.54, 1.807) is 25.3 Å². The molecule has 94 valence electrons. The van der Waals surface area contributed by atoms with E-state index in [1.807, 2.05) is 19.1 Å². The molecule has 3 N–H and O–H groups in total. The van der Waals surface area contributed by atoms with Gasteiger partial charge in [-0.1, -0.05) is 0 Å². The number of hydrogen-bond acceptors (Lipinski definition) is 4. The fourth-order valence-corrected chi connectivity index (χ4v) is 1.39. The number of carbonyl (C=O) groups excluding carboxylic acids is 1. The molecule has 0 aliphatic carbocycles. The third kappa shape index (κ3) is 4.42. The average molecular weight is 237 g/mol. The van der Waals surface area contributed by atoms with Crippen LogP contribution in [0.2, 0.25) is 0 Å². The lowest BCUT2D eigenvalue weighted by atomic mass is 10.2. The predicted octanol–water partition coefficient (Wildman–Crippen LogP) is 1.40. The summed E-state index contributed by atoms with van der Waals surface area (Å²) in [6.07, 6.45) is 0.383. The minimum atomic E-state index is -0.0400. The first kappa shape index (κ1) is 13.5. The van der Waals surface area contributed by atoms with Gasteiger partial charge in [-0.3, -0.25) is 4.79 Å². The first-order valence-electron chi connectivity index (χ1n) is 5.44. The lowest BCUT2D eigenvalue weighted by molar-refractivity contribution is -0.126. The Labute approximate surface area is 101 Å². The Bertz CT molecular complexity index is 393. The van der Waals surface area contributed by atoms with Gasteiger partial charge in [0.05, 0.1) is 7.11 Å². The Morgan fingerprint density at radius 2 is 2.24 bits per heavy atom. The molecule has 0 bridgehead atoms. The van der Waals surface area contributed by atoms with Crippen molar-refractivity contribution >= 4 is 17.3 Å². The number of carbonyl (C=O) groups is 1. The number of anilines is 2. The summed E-state index contributed by atoms with van der Waals surface area (Å²) in [5, 5.41) is 4.45. The smallest absolute Gasteiger partial charge is 0.225 e. The second kappa shape index (κ2) is 6.22. The first-order valence-corrected chi connectivity index (χ1v) is 5.44. The topological polar surface area (TPSA) is 67.6 Å². The van der Waals surface area contributed by atoms with Crippen LogP contribution in [-0.4, -0.2) is 31.7 Å². The number of nitrogen functional groups attached to an aromatic ring is 1. The maximum absolute atomic E-state index is 11.6. The molecule has 1 rings (SSSR count). The number of rotatable bonds is 5. The van der Waals surface area contributed by atoms with Crippen molar-refractivity contribution in [1.29, 1.82) is 0 Å². The van der Waals surface area contributed by atoms with E-state index in [1.165, 1.54) is 0 Å². The van der Waals surface area contributed by atoms with E-state index in [0.717, 1.165) is 11.3 Å². The Morgan fingerprint density at radius 3 is 2.82 bits per heavy atom. The van der Waals surface area contributed by atoms with Crippen LogP contribution >= 0.6 is 0 Å². The van der Waals surface area contributed by atoms with Crippen LogP contribution in [0.15, 0.2) is 18.2 Å². The van der Waals surface area contributed by atoms with E-state index in [4.69, 9.17) is 10.6 Å². The summed E-state index contributed by atoms with van der Waals surface area (Å²) >= 11 is 0. The average Bonchev–Trinajstić information content (AvgIpc) is 2.29. The molecule has 0 aliphatic heterocycles. The Hall–Kier alpha value is -1.59. The molecule has 0 heterocycles. The summed E-state index contributed by atoms with van der Waals surface area (Å²) in [5.74, 6) is -0.0400. The normalized spacial score (nSPS) is 10.6. The SMILES string of the molecule is CON(C)CCC(=O)Nc1ccc(N)cc1C. The van der Waals surface area contributed by atoms with Crippen molar-refractivity contribution in [3.63, 3.8) is 0 Å². The largest absolute Gasteiger partial charge is 0.399 e. The number of nitrogens with zero attached hydrogens (tertiary/aromatic N) is 1. The highest BCUT2D eigenvalue weighted by Gasteiger charge is 2.06. The van der Waals surface area contributed by atoms with Gasteiger partial charge in [0.1, 0.15) is 0 Å². The maximum Gasteiger partial charge on any atom is 0.225 e. The van der Waals surface area contributed by atoms with Crippen LogP contribution in [-0.2, 0) is 9.63 Å². The minimum Gasteiger partial charge on any atom is -0.399 e. The number of hydroxylamine groups is 2. The minimum absolute atomic E-state index is 0.0400. The van der Waals surface area contributed by atoms with Gasteiger partial charge in [-0.15, -0.1) is 0 Å². The van der Waals surface area contributed by atoms with Crippen molar-refractivity contribution in [2.24, 2.45) is 0 Å². The molecule has 5 nitrogen and oxygen atoms in total. The van der Waals surface area contributed by atoms with E-state index in [9.17, 15) is 4.79 Å². The molecule has 0 saturated heterocycles. The summed E-state index contributed by atoms with van der Waals surface area (Å²) in [5.41, 5.74) is 8.09. The van der Waals surface area contributed by atoms with Gasteiger partial charge in [-0.2, -0.15) is 5.06 Å². The summed E-state index contributed by atoms with van der Waals surface area (Å²) in [7, 11) is 3.35. The van der Waals surface area contributed by atoms with Gasteiger partial charge in [-0.25, -0.2) is 0 Å². The number of aryl methyl sites for hydroxylation is 1. The van der Waals surface area contributed by atoms with Crippen molar-refractivity contribution in [3.05, 3.63) is 23.8 Å². The molecule has 0 unspecified atom stereocenters. The third-order valence-electron chi connectivity index (χ3n) is 2.49. The van der Waals surface area contributed by atoms with Crippen LogP contribution in [0.25, 0.3) is 0 Å². The van der Waals surface area contributed by atoms with Gasteiger partial charge in [0, 0.05) is 31.4 Å². The van der Waals surface area contributed by atoms with E-state index >= 15 is 0 Å². The van der Waals surface area contributed by atoms with Crippen molar-refractivity contribution in [2.75, 3.05) is 31.8 Å². The summed E-state index contributed by atoms with van der Waals surface area (Å²) < 4.78 is 0. The molecule has 17 heavy (non-hydrogen) atoms. The highest BCUT2D eigenvalue weighted by molar-refractivity contribution is 5.91. The first-order chi connectivity index (χ1) is 8.02.